The van der Waals surface area contributed by atoms with Gasteiger partial charge in [-0.3, -0.25) is 0 Å². The number of phosphoric acid groups is 1. The molecule has 0 amide bonds. The van der Waals surface area contributed by atoms with E-state index in [1.807, 2.05) is 0 Å². The SMILES string of the molecule is C1CO1.C1CO1.C=C(C)C(=O)O.C=C(C)C(=O)O.O=P(O)(O)O. The number of hydrogen-bond donors (Lipinski definition) is 5. The molecule has 2 fully saturated rings. The molecule has 0 radical (unpaired) electrons. The average Bonchev–Trinajstić information content (AvgIpc) is 3.20. The molecule has 0 spiro atoms. The molecule has 2 heterocycles. The van der Waals surface area contributed by atoms with E-state index in [1.54, 1.807) is 0 Å². The van der Waals surface area contributed by atoms with Gasteiger partial charge in [-0.15, -0.1) is 0 Å². The molecule has 0 aromatic rings. The van der Waals surface area contributed by atoms with E-state index in [0.717, 1.165) is 26.4 Å². The first kappa shape index (κ1) is 26.4. The number of rotatable bonds is 2. The van der Waals surface area contributed by atoms with Crippen molar-refractivity contribution >= 4 is 19.8 Å². The molecule has 2 aliphatic heterocycles. The van der Waals surface area contributed by atoms with E-state index in [9.17, 15) is 9.59 Å². The van der Waals surface area contributed by atoms with Gasteiger partial charge in [-0.1, -0.05) is 13.2 Å². The van der Waals surface area contributed by atoms with Gasteiger partial charge in [0.25, 0.3) is 0 Å². The Balaban J connectivity index is -0.000000222. The highest BCUT2D eigenvalue weighted by atomic mass is 31.2. The van der Waals surface area contributed by atoms with Crippen molar-refractivity contribution in [3.8, 4) is 0 Å². The average molecular weight is 358 g/mol. The largest absolute Gasteiger partial charge is 0.478 e. The number of ether oxygens (including phenoxy) is 2. The Labute approximate surface area is 133 Å². The summed E-state index contributed by atoms with van der Waals surface area (Å²) < 4.78 is 17.9. The lowest BCUT2D eigenvalue weighted by Gasteiger charge is -1.82. The summed E-state index contributed by atoms with van der Waals surface area (Å²) in [4.78, 5) is 40.8. The summed E-state index contributed by atoms with van der Waals surface area (Å²) in [5.74, 6) is -1.87. The summed E-state index contributed by atoms with van der Waals surface area (Å²) in [6.45, 7) is 13.2. The van der Waals surface area contributed by atoms with E-state index in [2.05, 4.69) is 22.6 Å². The fourth-order valence-corrected chi connectivity index (χ4v) is 0. The molecule has 0 saturated carbocycles. The van der Waals surface area contributed by atoms with Gasteiger partial charge >= 0.3 is 19.8 Å². The van der Waals surface area contributed by atoms with Gasteiger partial charge in [0.1, 0.15) is 0 Å². The van der Waals surface area contributed by atoms with Gasteiger partial charge in [-0.2, -0.15) is 0 Å². The van der Waals surface area contributed by atoms with Crippen molar-refractivity contribution in [2.24, 2.45) is 0 Å². The van der Waals surface area contributed by atoms with Crippen LogP contribution in [0, 0.1) is 0 Å². The minimum Gasteiger partial charge on any atom is -0.478 e. The number of carbonyl (C=O) groups is 2. The van der Waals surface area contributed by atoms with E-state index in [0.29, 0.717) is 0 Å². The molecule has 136 valence electrons. The highest BCUT2D eigenvalue weighted by Crippen LogP contribution is 2.25. The minimum absolute atomic E-state index is 0.176. The number of hydrogen-bond acceptors (Lipinski definition) is 5. The van der Waals surface area contributed by atoms with Crippen molar-refractivity contribution in [3.05, 3.63) is 24.3 Å². The molecular weight excluding hydrogens is 335 g/mol. The first-order valence-corrected chi connectivity index (χ1v) is 7.56. The van der Waals surface area contributed by atoms with Crippen LogP contribution in [0.25, 0.3) is 0 Å². The molecule has 0 aromatic carbocycles. The summed E-state index contributed by atoms with van der Waals surface area (Å²) in [6.07, 6.45) is 0. The van der Waals surface area contributed by atoms with E-state index in [4.69, 9.17) is 29.5 Å². The predicted molar refractivity (Wildman–Crippen MR) is 80.8 cm³/mol. The lowest BCUT2D eigenvalue weighted by atomic mass is 10.4. The van der Waals surface area contributed by atoms with Crippen molar-refractivity contribution in [2.45, 2.75) is 13.8 Å². The van der Waals surface area contributed by atoms with Gasteiger partial charge in [-0.05, 0) is 13.8 Å². The molecule has 2 rings (SSSR count). The number of epoxide rings is 2. The van der Waals surface area contributed by atoms with Crippen LogP contribution >= 0.6 is 7.82 Å². The van der Waals surface area contributed by atoms with Crippen molar-refractivity contribution in [3.63, 3.8) is 0 Å². The van der Waals surface area contributed by atoms with Crippen molar-refractivity contribution in [2.75, 3.05) is 26.4 Å². The van der Waals surface area contributed by atoms with Crippen LogP contribution in [0.3, 0.4) is 0 Å². The highest BCUT2D eigenvalue weighted by molar-refractivity contribution is 7.45. The van der Waals surface area contributed by atoms with Crippen LogP contribution in [0.15, 0.2) is 24.3 Å². The Bertz CT molecular complexity index is 354. The van der Waals surface area contributed by atoms with Crippen molar-refractivity contribution in [1.29, 1.82) is 0 Å². The maximum atomic E-state index is 9.60. The maximum absolute atomic E-state index is 9.60. The zero-order chi connectivity index (χ0) is 19.1. The minimum atomic E-state index is -4.64. The first-order chi connectivity index (χ1) is 10.3. The molecule has 0 aromatic heterocycles. The number of carboxylic acids is 2. The molecule has 10 nitrogen and oxygen atoms in total. The van der Waals surface area contributed by atoms with Crippen LogP contribution in [0.4, 0.5) is 0 Å². The van der Waals surface area contributed by atoms with Gasteiger partial charge in [0.2, 0.25) is 0 Å². The molecule has 0 atom stereocenters. The summed E-state index contributed by atoms with van der Waals surface area (Å²) in [5, 5.41) is 15.8. The summed E-state index contributed by atoms with van der Waals surface area (Å²) >= 11 is 0. The standard InChI is InChI=1S/2C4H6O2.2C2H4O.H3O4P/c2*1-3(2)4(5)6;2*1-2-3-1;1-5(2,3)4/h2*1H2,2H3,(H,5,6);2*1-2H2;(H3,1,2,3,4). The van der Waals surface area contributed by atoms with Crippen LogP contribution in [0.2, 0.25) is 0 Å². The Hall–Kier alpha value is -1.55. The smallest absolute Gasteiger partial charge is 0.466 e. The van der Waals surface area contributed by atoms with Gasteiger partial charge in [0.05, 0.1) is 26.4 Å². The van der Waals surface area contributed by atoms with E-state index in [-0.39, 0.29) is 11.1 Å². The third-order valence-electron chi connectivity index (χ3n) is 1.14. The second kappa shape index (κ2) is 15.3. The molecule has 2 saturated heterocycles. The van der Waals surface area contributed by atoms with Crippen LogP contribution in [-0.2, 0) is 23.6 Å². The van der Waals surface area contributed by atoms with Crippen molar-refractivity contribution in [1.82, 2.24) is 0 Å². The Kier molecular flexibility index (Phi) is 17.6. The second-order valence-corrected chi connectivity index (χ2v) is 4.94. The zero-order valence-corrected chi connectivity index (χ0v) is 13.9. The topological polar surface area (TPSA) is 177 Å². The molecule has 23 heavy (non-hydrogen) atoms. The molecule has 0 unspecified atom stereocenters. The Morgan fingerprint density at radius 3 is 0.913 bits per heavy atom. The lowest BCUT2D eigenvalue weighted by molar-refractivity contribution is -0.133. The normalized spacial score (nSPS) is 12.7. The van der Waals surface area contributed by atoms with Gasteiger partial charge in [0, 0.05) is 11.1 Å². The maximum Gasteiger partial charge on any atom is 0.466 e. The van der Waals surface area contributed by atoms with Crippen LogP contribution in [0.5, 0.6) is 0 Å². The zero-order valence-electron chi connectivity index (χ0n) is 13.0. The highest BCUT2D eigenvalue weighted by Gasteiger charge is 2.00. The molecular formula is C12H23O10P. The van der Waals surface area contributed by atoms with E-state index >= 15 is 0 Å². The first-order valence-electron chi connectivity index (χ1n) is 6.00. The second-order valence-electron chi connectivity index (χ2n) is 3.91. The monoisotopic (exact) mass is 358 g/mol. The van der Waals surface area contributed by atoms with Crippen molar-refractivity contribution < 1.29 is 48.5 Å². The van der Waals surface area contributed by atoms with E-state index < -0.39 is 19.8 Å². The lowest BCUT2D eigenvalue weighted by Crippen LogP contribution is -1.92. The molecule has 5 N–H and O–H groups in total. The quantitative estimate of drug-likeness (QED) is 0.263. The van der Waals surface area contributed by atoms with Crippen LogP contribution in [0.1, 0.15) is 13.8 Å². The van der Waals surface area contributed by atoms with Gasteiger partial charge < -0.3 is 34.4 Å². The Morgan fingerprint density at radius 2 is 0.913 bits per heavy atom. The number of aliphatic carboxylic acids is 2. The predicted octanol–water partition coefficient (Wildman–Crippen LogP) is 0.399. The summed E-state index contributed by atoms with van der Waals surface area (Å²) in [7, 11) is -4.64. The Morgan fingerprint density at radius 1 is 0.826 bits per heavy atom. The number of carboxylic acid groups (broad SMARTS) is 2. The fraction of sp³-hybridized carbons (Fsp3) is 0.500. The molecule has 0 aliphatic carbocycles. The van der Waals surface area contributed by atoms with Gasteiger partial charge in [-0.25, -0.2) is 14.2 Å². The summed E-state index contributed by atoms with van der Waals surface area (Å²) in [6, 6.07) is 0. The summed E-state index contributed by atoms with van der Waals surface area (Å²) in [5.41, 5.74) is 0.352. The van der Waals surface area contributed by atoms with Crippen LogP contribution in [-0.4, -0.2) is 63.3 Å². The molecule has 0 bridgehead atoms. The van der Waals surface area contributed by atoms with E-state index in [1.165, 1.54) is 13.8 Å². The molecule has 2 aliphatic rings. The fourth-order valence-electron chi connectivity index (χ4n) is 0. The van der Waals surface area contributed by atoms with Crippen LogP contribution < -0.4 is 0 Å². The van der Waals surface area contributed by atoms with Gasteiger partial charge in [0.15, 0.2) is 0 Å². The third-order valence-corrected chi connectivity index (χ3v) is 1.14. The third kappa shape index (κ3) is 97.5. The molecule has 11 heteroatoms.